The second-order valence-electron chi connectivity index (χ2n) is 10.7. The van der Waals surface area contributed by atoms with Crippen molar-refractivity contribution in [3.8, 4) is 5.75 Å². The van der Waals surface area contributed by atoms with Gasteiger partial charge in [0.15, 0.2) is 0 Å². The van der Waals surface area contributed by atoms with Gasteiger partial charge in [0.1, 0.15) is 18.3 Å². The minimum absolute atomic E-state index is 0.0117. The number of ether oxygens (including phenoxy) is 1. The molecule has 0 heterocycles. The third kappa shape index (κ3) is 8.95. The number of sulfonamides is 1. The fourth-order valence-corrected chi connectivity index (χ4v) is 6.50. The molecule has 2 amide bonds. The lowest BCUT2D eigenvalue weighted by Crippen LogP contribution is -2.53. The monoisotopic (exact) mass is 691 g/mol. The number of hydrogen-bond acceptors (Lipinski definition) is 5. The van der Waals surface area contributed by atoms with Crippen LogP contribution in [0, 0.1) is 6.92 Å². The van der Waals surface area contributed by atoms with Crippen LogP contribution in [0.1, 0.15) is 30.0 Å². The second kappa shape index (κ2) is 15.7. The molecule has 0 aliphatic heterocycles. The van der Waals surface area contributed by atoms with E-state index in [1.165, 1.54) is 24.1 Å². The van der Waals surface area contributed by atoms with Crippen LogP contribution >= 0.6 is 15.9 Å². The summed E-state index contributed by atoms with van der Waals surface area (Å²) in [5, 5.41) is 2.96. The van der Waals surface area contributed by atoms with Gasteiger partial charge in [-0.05, 0) is 73.0 Å². The van der Waals surface area contributed by atoms with Crippen molar-refractivity contribution < 1.29 is 22.7 Å². The normalized spacial score (nSPS) is 11.8. The summed E-state index contributed by atoms with van der Waals surface area (Å²) < 4.78 is 35.5. The molecule has 0 radical (unpaired) electrons. The molecule has 1 N–H and O–H groups in total. The highest BCUT2D eigenvalue weighted by molar-refractivity contribution is 9.10. The van der Waals surface area contributed by atoms with Crippen LogP contribution in [-0.2, 0) is 32.6 Å². The minimum atomic E-state index is -4.19. The van der Waals surface area contributed by atoms with Crippen LogP contribution in [0.3, 0.4) is 0 Å². The van der Waals surface area contributed by atoms with E-state index in [1.807, 2.05) is 68.4 Å². The van der Waals surface area contributed by atoms with Crippen molar-refractivity contribution in [1.82, 2.24) is 10.2 Å². The Kier molecular flexibility index (Phi) is 11.8. The van der Waals surface area contributed by atoms with Gasteiger partial charge in [0.2, 0.25) is 11.8 Å². The number of nitrogens with one attached hydrogen (secondary N) is 1. The molecule has 0 aromatic heterocycles. The molecule has 0 spiro atoms. The number of methoxy groups -OCH3 is 1. The summed E-state index contributed by atoms with van der Waals surface area (Å²) in [6, 6.07) is 29.1. The Morgan fingerprint density at radius 1 is 0.867 bits per heavy atom. The molecule has 0 bridgehead atoms. The SMILES string of the molecule is CCCNC(=O)[C@@H](Cc1ccccc1)N(Cc1ccc(Br)cc1)C(=O)CN(c1ccc(C)cc1)S(=O)(=O)c1ccc(OC)cc1. The lowest BCUT2D eigenvalue weighted by Gasteiger charge is -2.34. The molecule has 10 heteroatoms. The predicted octanol–water partition coefficient (Wildman–Crippen LogP) is 6.13. The van der Waals surface area contributed by atoms with E-state index in [9.17, 15) is 18.0 Å². The van der Waals surface area contributed by atoms with Crippen LogP contribution in [0.25, 0.3) is 0 Å². The van der Waals surface area contributed by atoms with Gasteiger partial charge in [0.05, 0.1) is 17.7 Å². The van der Waals surface area contributed by atoms with Crippen molar-refractivity contribution in [1.29, 1.82) is 0 Å². The van der Waals surface area contributed by atoms with Gasteiger partial charge >= 0.3 is 0 Å². The van der Waals surface area contributed by atoms with Crippen molar-refractivity contribution in [2.24, 2.45) is 0 Å². The summed E-state index contributed by atoms with van der Waals surface area (Å²) in [7, 11) is -2.69. The van der Waals surface area contributed by atoms with E-state index in [1.54, 1.807) is 36.4 Å². The van der Waals surface area contributed by atoms with Crippen LogP contribution in [0.15, 0.2) is 112 Å². The molecular weight excluding hydrogens is 654 g/mol. The average molecular weight is 693 g/mol. The van der Waals surface area contributed by atoms with Gasteiger partial charge in [0.25, 0.3) is 10.0 Å². The molecule has 4 aromatic rings. The van der Waals surface area contributed by atoms with Crippen molar-refractivity contribution in [2.75, 3.05) is 24.5 Å². The summed E-state index contributed by atoms with van der Waals surface area (Å²) in [6.07, 6.45) is 0.986. The Morgan fingerprint density at radius 2 is 1.51 bits per heavy atom. The van der Waals surface area contributed by atoms with E-state index in [-0.39, 0.29) is 23.8 Å². The zero-order valence-corrected chi connectivity index (χ0v) is 28.1. The van der Waals surface area contributed by atoms with Crippen LogP contribution in [-0.4, -0.2) is 51.4 Å². The molecule has 236 valence electrons. The number of hydrogen-bond donors (Lipinski definition) is 1. The Labute approximate surface area is 274 Å². The van der Waals surface area contributed by atoms with Crippen molar-refractivity contribution >= 4 is 43.5 Å². The smallest absolute Gasteiger partial charge is 0.264 e. The van der Waals surface area contributed by atoms with Gasteiger partial charge in [-0.15, -0.1) is 0 Å². The standard InChI is InChI=1S/C35H38BrN3O5S/c1-4-22-37-35(41)33(23-27-8-6-5-7-9-27)38(24-28-12-14-29(36)15-13-28)34(40)25-39(30-16-10-26(2)11-17-30)45(42,43)32-20-18-31(44-3)19-21-32/h5-21,33H,4,22-25H2,1-3H3,(H,37,41)/t33-/m1/s1. The van der Waals surface area contributed by atoms with Crippen molar-refractivity contribution in [2.45, 2.75) is 44.2 Å². The van der Waals surface area contributed by atoms with Crippen molar-refractivity contribution in [3.63, 3.8) is 0 Å². The third-order valence-corrected chi connectivity index (χ3v) is 9.65. The highest BCUT2D eigenvalue weighted by atomic mass is 79.9. The predicted molar refractivity (Wildman–Crippen MR) is 181 cm³/mol. The quantitative estimate of drug-likeness (QED) is 0.172. The Hall–Kier alpha value is -4.15. The fourth-order valence-electron chi connectivity index (χ4n) is 4.82. The van der Waals surface area contributed by atoms with E-state index in [0.29, 0.717) is 18.0 Å². The van der Waals surface area contributed by atoms with E-state index in [4.69, 9.17) is 4.74 Å². The van der Waals surface area contributed by atoms with Gasteiger partial charge in [-0.1, -0.05) is 83.0 Å². The second-order valence-corrected chi connectivity index (χ2v) is 13.4. The van der Waals surface area contributed by atoms with Gasteiger partial charge < -0.3 is 15.0 Å². The van der Waals surface area contributed by atoms with Gasteiger partial charge in [-0.2, -0.15) is 0 Å². The largest absolute Gasteiger partial charge is 0.497 e. The molecule has 0 fully saturated rings. The topological polar surface area (TPSA) is 96.0 Å². The molecule has 8 nitrogen and oxygen atoms in total. The molecule has 1 atom stereocenters. The first-order chi connectivity index (χ1) is 21.6. The van der Waals surface area contributed by atoms with Gasteiger partial charge in [-0.3, -0.25) is 13.9 Å². The molecular formula is C35H38BrN3O5S. The Balaban J connectivity index is 1.78. The molecule has 0 unspecified atom stereocenters. The number of amides is 2. The first kappa shape index (κ1) is 33.7. The highest BCUT2D eigenvalue weighted by Crippen LogP contribution is 2.27. The molecule has 0 saturated heterocycles. The zero-order valence-electron chi connectivity index (χ0n) is 25.6. The molecule has 0 aliphatic rings. The van der Waals surface area contributed by atoms with Crippen LogP contribution in [0.2, 0.25) is 0 Å². The number of carbonyl (C=O) groups excluding carboxylic acids is 2. The first-order valence-corrected chi connectivity index (χ1v) is 16.9. The number of aryl methyl sites for hydroxylation is 1. The number of carbonyl (C=O) groups is 2. The highest BCUT2D eigenvalue weighted by Gasteiger charge is 2.34. The number of nitrogens with zero attached hydrogens (tertiary/aromatic N) is 2. The molecule has 4 rings (SSSR count). The fraction of sp³-hybridized carbons (Fsp3) is 0.257. The number of benzene rings is 4. The van der Waals surface area contributed by atoms with Crippen LogP contribution in [0.5, 0.6) is 5.75 Å². The van der Waals surface area contributed by atoms with Gasteiger partial charge in [0, 0.05) is 24.0 Å². The van der Waals surface area contributed by atoms with E-state index < -0.39 is 28.5 Å². The maximum absolute atomic E-state index is 14.5. The summed E-state index contributed by atoms with van der Waals surface area (Å²) in [4.78, 5) is 29.7. The minimum Gasteiger partial charge on any atom is -0.497 e. The molecule has 0 saturated carbocycles. The Bertz CT molecular complexity index is 1660. The van der Waals surface area contributed by atoms with Crippen LogP contribution < -0.4 is 14.4 Å². The maximum atomic E-state index is 14.5. The Morgan fingerprint density at radius 3 is 2.11 bits per heavy atom. The summed E-state index contributed by atoms with van der Waals surface area (Å²) in [5.41, 5.74) is 2.96. The maximum Gasteiger partial charge on any atom is 0.264 e. The number of rotatable bonds is 14. The molecule has 0 aliphatic carbocycles. The van der Waals surface area contributed by atoms with Gasteiger partial charge in [-0.25, -0.2) is 8.42 Å². The number of anilines is 1. The lowest BCUT2D eigenvalue weighted by atomic mass is 10.0. The lowest BCUT2D eigenvalue weighted by molar-refractivity contribution is -0.140. The van der Waals surface area contributed by atoms with E-state index in [0.717, 1.165) is 31.9 Å². The summed E-state index contributed by atoms with van der Waals surface area (Å²) in [6.45, 7) is 3.90. The van der Waals surface area contributed by atoms with E-state index in [2.05, 4.69) is 21.2 Å². The number of halogens is 1. The van der Waals surface area contributed by atoms with E-state index >= 15 is 0 Å². The third-order valence-electron chi connectivity index (χ3n) is 7.33. The van der Waals surface area contributed by atoms with Crippen LogP contribution in [0.4, 0.5) is 5.69 Å². The van der Waals surface area contributed by atoms with Crippen molar-refractivity contribution in [3.05, 3.63) is 124 Å². The average Bonchev–Trinajstić information content (AvgIpc) is 3.05. The summed E-state index contributed by atoms with van der Waals surface area (Å²) in [5.74, 6) is -0.302. The summed E-state index contributed by atoms with van der Waals surface area (Å²) >= 11 is 3.46. The molecule has 4 aromatic carbocycles. The molecule has 45 heavy (non-hydrogen) atoms. The zero-order chi connectivity index (χ0) is 32.4. The first-order valence-electron chi connectivity index (χ1n) is 14.7.